The van der Waals surface area contributed by atoms with Crippen LogP contribution in [0, 0.1) is 17.7 Å². The second-order valence-corrected chi connectivity index (χ2v) is 8.83. The molecule has 2 heterocycles. The molecule has 0 radical (unpaired) electrons. The number of anilines is 1. The third-order valence-corrected chi connectivity index (χ3v) is 6.74. The van der Waals surface area contributed by atoms with Gasteiger partial charge in [-0.1, -0.05) is 11.6 Å². The van der Waals surface area contributed by atoms with Crippen molar-refractivity contribution in [2.45, 2.75) is 31.6 Å². The molecule has 7 heteroatoms. The van der Waals surface area contributed by atoms with Gasteiger partial charge in [0.25, 0.3) is 5.91 Å². The lowest BCUT2D eigenvalue weighted by Gasteiger charge is -2.15. The van der Waals surface area contributed by atoms with E-state index in [9.17, 15) is 13.6 Å². The smallest absolute Gasteiger partial charge is 0.285 e. The van der Waals surface area contributed by atoms with Crippen LogP contribution < -0.4 is 5.32 Å². The van der Waals surface area contributed by atoms with Gasteiger partial charge in [-0.25, -0.2) is 13.8 Å². The number of halogens is 3. The Morgan fingerprint density at radius 1 is 1.06 bits per heavy atom. The molecule has 2 unspecified atom stereocenters. The number of carbonyl (C=O) groups excluding carboxylic acids is 1. The Morgan fingerprint density at radius 3 is 2.55 bits per heavy atom. The number of rotatable bonds is 3. The summed E-state index contributed by atoms with van der Waals surface area (Å²) in [4.78, 5) is 20.6. The van der Waals surface area contributed by atoms with Gasteiger partial charge in [0.2, 0.25) is 0 Å². The van der Waals surface area contributed by atoms with Gasteiger partial charge in [0.05, 0.1) is 10.5 Å². The molecule has 1 amide bonds. The fourth-order valence-electron chi connectivity index (χ4n) is 5.14. The fraction of sp³-hybridized carbons (Fsp3) is 0.292. The van der Waals surface area contributed by atoms with Crippen molar-refractivity contribution in [3.63, 3.8) is 0 Å². The predicted octanol–water partition coefficient (Wildman–Crippen LogP) is 6.19. The van der Waals surface area contributed by atoms with Crippen LogP contribution in [0.25, 0.3) is 10.9 Å². The molecule has 1 N–H and O–H groups in total. The number of benzene rings is 1. The molecular weight excluding hydrogens is 420 g/mol. The molecule has 2 aliphatic rings. The van der Waals surface area contributed by atoms with Gasteiger partial charge in [-0.2, -0.15) is 0 Å². The Morgan fingerprint density at radius 2 is 1.84 bits per heavy atom. The first-order valence-electron chi connectivity index (χ1n) is 10.3. The molecule has 3 aromatic rings. The van der Waals surface area contributed by atoms with Crippen molar-refractivity contribution in [3.05, 3.63) is 76.6 Å². The number of pyridine rings is 2. The maximum atomic E-state index is 14.8. The van der Waals surface area contributed by atoms with Crippen LogP contribution in [0.3, 0.4) is 0 Å². The highest BCUT2D eigenvalue weighted by atomic mass is 35.5. The Labute approximate surface area is 183 Å². The lowest BCUT2D eigenvalue weighted by molar-refractivity contribution is -0.114. The van der Waals surface area contributed by atoms with Crippen LogP contribution in [0.15, 0.2) is 60.2 Å². The number of nitrogens with zero attached hydrogens (tertiary/aromatic N) is 2. The van der Waals surface area contributed by atoms with Crippen LogP contribution in [-0.4, -0.2) is 15.9 Å². The summed E-state index contributed by atoms with van der Waals surface area (Å²) in [5.41, 5.74) is 2.47. The van der Waals surface area contributed by atoms with Crippen molar-refractivity contribution in [1.29, 1.82) is 0 Å². The topological polar surface area (TPSA) is 54.9 Å². The van der Waals surface area contributed by atoms with Crippen molar-refractivity contribution < 1.29 is 13.6 Å². The molecule has 0 bridgehead atoms. The first kappa shape index (κ1) is 20.1. The second-order valence-electron chi connectivity index (χ2n) is 8.39. The van der Waals surface area contributed by atoms with Gasteiger partial charge < -0.3 is 5.32 Å². The number of hydrogen-bond donors (Lipinski definition) is 1. The molecule has 1 aromatic carbocycles. The standard InChI is InChI=1S/C24H20ClF2N3O/c25-17-1-4-22(29-12-17)30-24(31)23(27)16-9-13-7-15(8-14(13)10-16)19-5-6-28-21-3-2-18(26)11-20(19)21/h1-6,11-15H,7-10H2,(H,29,30,31)/b23-16-/t13?,14-,15?/m1/s1. The summed E-state index contributed by atoms with van der Waals surface area (Å²) in [5, 5.41) is 3.78. The summed E-state index contributed by atoms with van der Waals surface area (Å²) >= 11 is 5.78. The van der Waals surface area contributed by atoms with Gasteiger partial charge in [-0.05, 0) is 91.0 Å². The summed E-state index contributed by atoms with van der Waals surface area (Å²) in [6, 6.07) is 9.77. The van der Waals surface area contributed by atoms with E-state index in [0.717, 1.165) is 29.3 Å². The number of allylic oxidation sites excluding steroid dienone is 1. The zero-order valence-electron chi connectivity index (χ0n) is 16.6. The Bertz CT molecular complexity index is 1180. The minimum absolute atomic E-state index is 0.264. The highest BCUT2D eigenvalue weighted by Gasteiger charge is 2.42. The first-order valence-corrected chi connectivity index (χ1v) is 10.7. The molecule has 0 aliphatic heterocycles. The summed E-state index contributed by atoms with van der Waals surface area (Å²) in [5.74, 6) is -0.545. The van der Waals surface area contributed by atoms with E-state index in [1.165, 1.54) is 18.3 Å². The van der Waals surface area contributed by atoms with Crippen molar-refractivity contribution in [2.24, 2.45) is 11.8 Å². The normalized spacial score (nSPS) is 24.3. The Hall–Kier alpha value is -2.86. The molecule has 5 rings (SSSR count). The van der Waals surface area contributed by atoms with Crippen LogP contribution in [0.2, 0.25) is 5.02 Å². The Balaban J connectivity index is 1.30. The van der Waals surface area contributed by atoms with E-state index in [2.05, 4.69) is 15.3 Å². The molecule has 2 aliphatic carbocycles. The van der Waals surface area contributed by atoms with Gasteiger partial charge in [0.15, 0.2) is 5.83 Å². The SMILES string of the molecule is O=C(Nc1ccc(Cl)cn1)/C(F)=C1\CC2CC(c3ccnc4ccc(F)cc34)C[C@@H]2C1. The third-order valence-electron chi connectivity index (χ3n) is 6.51. The van der Waals surface area contributed by atoms with E-state index in [-0.39, 0.29) is 11.6 Å². The maximum absolute atomic E-state index is 14.8. The molecule has 2 saturated carbocycles. The lowest BCUT2D eigenvalue weighted by atomic mass is 9.91. The number of amides is 1. The summed E-state index contributed by atoms with van der Waals surface area (Å²) in [6.07, 6.45) is 6.12. The average Bonchev–Trinajstić information content (AvgIpc) is 3.33. The molecule has 3 atom stereocenters. The maximum Gasteiger partial charge on any atom is 0.285 e. The molecule has 158 valence electrons. The van der Waals surface area contributed by atoms with E-state index in [4.69, 9.17) is 11.6 Å². The number of hydrogen-bond acceptors (Lipinski definition) is 3. The molecule has 2 fully saturated rings. The summed E-state index contributed by atoms with van der Waals surface area (Å²) in [6.45, 7) is 0. The van der Waals surface area contributed by atoms with Crippen LogP contribution >= 0.6 is 11.6 Å². The van der Waals surface area contributed by atoms with Crippen LogP contribution in [0.5, 0.6) is 0 Å². The van der Waals surface area contributed by atoms with Gasteiger partial charge in [0.1, 0.15) is 11.6 Å². The van der Waals surface area contributed by atoms with Gasteiger partial charge in [-0.3, -0.25) is 9.78 Å². The van der Waals surface area contributed by atoms with Crippen molar-refractivity contribution >= 4 is 34.2 Å². The number of nitrogens with one attached hydrogen (secondary N) is 1. The summed E-state index contributed by atoms with van der Waals surface area (Å²) in [7, 11) is 0. The van der Waals surface area contributed by atoms with Gasteiger partial charge >= 0.3 is 0 Å². The first-order chi connectivity index (χ1) is 15.0. The van der Waals surface area contributed by atoms with E-state index in [1.54, 1.807) is 24.4 Å². The van der Waals surface area contributed by atoms with E-state index in [0.29, 0.717) is 41.2 Å². The highest BCUT2D eigenvalue weighted by molar-refractivity contribution is 6.30. The van der Waals surface area contributed by atoms with Crippen LogP contribution in [0.4, 0.5) is 14.6 Å². The van der Waals surface area contributed by atoms with Crippen molar-refractivity contribution in [2.75, 3.05) is 5.32 Å². The highest BCUT2D eigenvalue weighted by Crippen LogP contribution is 2.53. The average molecular weight is 440 g/mol. The van der Waals surface area contributed by atoms with E-state index in [1.807, 2.05) is 6.07 Å². The Kier molecular flexibility index (Phi) is 5.18. The van der Waals surface area contributed by atoms with Gasteiger partial charge in [-0.15, -0.1) is 0 Å². The number of fused-ring (bicyclic) bond motifs is 2. The fourth-order valence-corrected chi connectivity index (χ4v) is 5.25. The minimum Gasteiger partial charge on any atom is -0.305 e. The van der Waals surface area contributed by atoms with Crippen LogP contribution in [-0.2, 0) is 4.79 Å². The molecule has 31 heavy (non-hydrogen) atoms. The van der Waals surface area contributed by atoms with Gasteiger partial charge in [0, 0.05) is 17.8 Å². The van der Waals surface area contributed by atoms with Crippen LogP contribution in [0.1, 0.15) is 37.2 Å². The lowest BCUT2D eigenvalue weighted by Crippen LogP contribution is -2.14. The zero-order valence-corrected chi connectivity index (χ0v) is 17.4. The number of aromatic nitrogens is 2. The number of carbonyl (C=O) groups is 1. The molecule has 0 spiro atoms. The quantitative estimate of drug-likeness (QED) is 0.495. The molecule has 4 nitrogen and oxygen atoms in total. The second kappa shape index (κ2) is 8.00. The molecule has 2 aromatic heterocycles. The molecular formula is C24H20ClF2N3O. The minimum atomic E-state index is -0.767. The zero-order chi connectivity index (χ0) is 21.5. The monoisotopic (exact) mass is 439 g/mol. The molecule has 0 saturated heterocycles. The van der Waals surface area contributed by atoms with E-state index < -0.39 is 11.7 Å². The van der Waals surface area contributed by atoms with Crippen molar-refractivity contribution in [1.82, 2.24) is 9.97 Å². The third kappa shape index (κ3) is 3.92. The summed E-state index contributed by atoms with van der Waals surface area (Å²) < 4.78 is 28.6. The largest absolute Gasteiger partial charge is 0.305 e. The van der Waals surface area contributed by atoms with Crippen molar-refractivity contribution in [3.8, 4) is 0 Å². The predicted molar refractivity (Wildman–Crippen MR) is 116 cm³/mol. The van der Waals surface area contributed by atoms with E-state index >= 15 is 0 Å².